The van der Waals surface area contributed by atoms with E-state index in [0.717, 1.165) is 46.2 Å². The van der Waals surface area contributed by atoms with E-state index in [1.165, 1.54) is 18.2 Å². The van der Waals surface area contributed by atoms with Crippen LogP contribution in [0.1, 0.15) is 21.9 Å². The number of hydrogen-bond donors (Lipinski definition) is 2. The van der Waals surface area contributed by atoms with Gasteiger partial charge in [0.1, 0.15) is 11.0 Å². The van der Waals surface area contributed by atoms with Gasteiger partial charge in [-0.1, -0.05) is 41.3 Å². The van der Waals surface area contributed by atoms with Crippen molar-refractivity contribution in [3.63, 3.8) is 0 Å². The van der Waals surface area contributed by atoms with Crippen molar-refractivity contribution in [3.05, 3.63) is 74.2 Å². The van der Waals surface area contributed by atoms with Gasteiger partial charge in [0, 0.05) is 10.8 Å². The van der Waals surface area contributed by atoms with E-state index in [2.05, 4.69) is 4.98 Å². The number of halogens is 3. The monoisotopic (exact) mass is 478 g/mol. The molecule has 3 unspecified atom stereocenters. The van der Waals surface area contributed by atoms with Gasteiger partial charge in [0.25, 0.3) is 0 Å². The largest absolute Gasteiger partial charge is 0.508 e. The number of fused-ring (bicyclic) bond motifs is 2. The molecule has 1 aromatic heterocycles. The van der Waals surface area contributed by atoms with E-state index in [1.807, 2.05) is 0 Å². The first kappa shape index (κ1) is 20.8. The number of nitrogens with one attached hydrogen (secondary N) is 1. The Morgan fingerprint density at radius 1 is 1.00 bits per heavy atom. The van der Waals surface area contributed by atoms with Gasteiger partial charge in [-0.3, -0.25) is 14.4 Å². The summed E-state index contributed by atoms with van der Waals surface area (Å²) in [5, 5.41) is 9.19. The van der Waals surface area contributed by atoms with E-state index in [-0.39, 0.29) is 16.3 Å². The minimum atomic E-state index is -4.62. The fourth-order valence-corrected chi connectivity index (χ4v) is 6.65. The van der Waals surface area contributed by atoms with E-state index >= 15 is 0 Å². The number of aromatic nitrogens is 1. The maximum atomic E-state index is 13.5. The first-order chi connectivity index (χ1) is 15.1. The zero-order chi connectivity index (χ0) is 22.8. The van der Waals surface area contributed by atoms with Crippen molar-refractivity contribution in [2.45, 2.75) is 22.4 Å². The molecule has 2 aromatic carbocycles. The van der Waals surface area contributed by atoms with Gasteiger partial charge in [0.05, 0.1) is 22.2 Å². The lowest BCUT2D eigenvalue weighted by atomic mass is 9.83. The molecular weight excluding hydrogens is 465 g/mol. The highest BCUT2D eigenvalue weighted by Gasteiger charge is 2.56. The van der Waals surface area contributed by atoms with Crippen molar-refractivity contribution in [2.24, 2.45) is 5.92 Å². The van der Waals surface area contributed by atoms with E-state index in [9.17, 15) is 32.7 Å². The molecule has 3 atom stereocenters. The fraction of sp³-hybridized carbons (Fsp3) is 0.190. The Balaban J connectivity index is 1.62. The Hall–Kier alpha value is -3.05. The summed E-state index contributed by atoms with van der Waals surface area (Å²) < 4.78 is 39.6. The van der Waals surface area contributed by atoms with Gasteiger partial charge >= 0.3 is 11.0 Å². The number of thiazole rings is 1. The van der Waals surface area contributed by atoms with Gasteiger partial charge in [0.2, 0.25) is 11.8 Å². The number of hydrogen-bond acceptors (Lipinski definition) is 6. The Labute approximate surface area is 186 Å². The number of aromatic hydroxyl groups is 1. The molecule has 1 saturated heterocycles. The molecule has 0 radical (unpaired) electrons. The van der Waals surface area contributed by atoms with Crippen LogP contribution in [0.5, 0.6) is 5.75 Å². The van der Waals surface area contributed by atoms with Crippen LogP contribution in [0.15, 0.2) is 58.4 Å². The van der Waals surface area contributed by atoms with Crippen molar-refractivity contribution >= 4 is 40.6 Å². The molecular formula is C21H13F3N2O4S2. The molecule has 2 amide bonds. The smallest absolute Gasteiger partial charge is 0.416 e. The van der Waals surface area contributed by atoms with Gasteiger partial charge in [-0.05, 0) is 35.9 Å². The first-order valence-electron chi connectivity index (χ1n) is 9.39. The molecule has 0 spiro atoms. The van der Waals surface area contributed by atoms with Gasteiger partial charge in [-0.25, -0.2) is 4.90 Å². The Morgan fingerprint density at radius 3 is 2.41 bits per heavy atom. The summed E-state index contributed by atoms with van der Waals surface area (Å²) in [6.45, 7) is 0. The van der Waals surface area contributed by atoms with Crippen molar-refractivity contribution in [3.8, 4) is 5.75 Å². The number of anilines is 1. The lowest BCUT2D eigenvalue weighted by molar-refractivity contribution is -0.137. The lowest BCUT2D eigenvalue weighted by Crippen LogP contribution is -2.32. The van der Waals surface area contributed by atoms with Crippen molar-refractivity contribution in [1.82, 2.24) is 4.98 Å². The summed E-state index contributed by atoms with van der Waals surface area (Å²) in [6.07, 6.45) is -4.62. The van der Waals surface area contributed by atoms with Crippen LogP contribution in [-0.4, -0.2) is 27.2 Å². The van der Waals surface area contributed by atoms with Crippen LogP contribution in [-0.2, 0) is 15.8 Å². The molecule has 2 aliphatic heterocycles. The quantitative estimate of drug-likeness (QED) is 0.545. The van der Waals surface area contributed by atoms with Crippen molar-refractivity contribution in [2.75, 3.05) is 4.90 Å². The summed E-state index contributed by atoms with van der Waals surface area (Å²) in [4.78, 5) is 42.4. The maximum Gasteiger partial charge on any atom is 0.416 e. The van der Waals surface area contributed by atoms with E-state index in [1.54, 1.807) is 12.1 Å². The average Bonchev–Trinajstić information content (AvgIpc) is 3.23. The molecule has 11 heteroatoms. The summed E-state index contributed by atoms with van der Waals surface area (Å²) in [5.41, 5.74) is -0.496. The Morgan fingerprint density at radius 2 is 1.72 bits per heavy atom. The van der Waals surface area contributed by atoms with Crippen LogP contribution in [0.25, 0.3) is 0 Å². The minimum Gasteiger partial charge on any atom is -0.508 e. The van der Waals surface area contributed by atoms with E-state index < -0.39 is 40.6 Å². The fourth-order valence-electron chi connectivity index (χ4n) is 4.13. The second kappa shape index (κ2) is 7.24. The number of nitrogens with zero attached hydrogens (tertiary/aromatic N) is 1. The molecule has 0 saturated carbocycles. The van der Waals surface area contributed by atoms with Gasteiger partial charge in [0.15, 0.2) is 0 Å². The van der Waals surface area contributed by atoms with Gasteiger partial charge in [-0.2, -0.15) is 13.2 Å². The standard InChI is InChI=1S/C21H13F3N2O4S2/c22-21(23,24)10-2-1-3-11(8-10)26-18(28)14-13(9-4-6-12(27)7-5-9)15-17(25-20(30)32-15)31-16(14)19(26)29/h1-8,13-14,16,27H,(H,25,30). The number of amides is 2. The summed E-state index contributed by atoms with van der Waals surface area (Å²) >= 11 is 1.97. The molecule has 2 aliphatic rings. The van der Waals surface area contributed by atoms with Crippen LogP contribution >= 0.6 is 23.1 Å². The van der Waals surface area contributed by atoms with Gasteiger partial charge in [-0.15, -0.1) is 0 Å². The molecule has 3 aromatic rings. The van der Waals surface area contributed by atoms with Crippen LogP contribution in [0, 0.1) is 5.92 Å². The summed E-state index contributed by atoms with van der Waals surface area (Å²) in [6, 6.07) is 10.2. The maximum absolute atomic E-state index is 13.5. The molecule has 0 bridgehead atoms. The highest BCUT2D eigenvalue weighted by molar-refractivity contribution is 8.00. The lowest BCUT2D eigenvalue weighted by Gasteiger charge is -2.29. The number of carbonyl (C=O) groups excluding carboxylic acids is 2. The number of alkyl halides is 3. The third-order valence-electron chi connectivity index (χ3n) is 5.51. The number of phenols is 1. The Bertz CT molecular complexity index is 1300. The number of imide groups is 1. The van der Waals surface area contributed by atoms with Crippen LogP contribution in [0.2, 0.25) is 0 Å². The van der Waals surface area contributed by atoms with Crippen molar-refractivity contribution < 1.29 is 27.9 Å². The molecule has 2 N–H and O–H groups in total. The number of aromatic amines is 1. The summed E-state index contributed by atoms with van der Waals surface area (Å²) in [5.74, 6) is -2.82. The first-order valence-corrected chi connectivity index (χ1v) is 11.1. The van der Waals surface area contributed by atoms with Crippen LogP contribution in [0.4, 0.5) is 18.9 Å². The van der Waals surface area contributed by atoms with E-state index in [4.69, 9.17) is 0 Å². The number of carbonyl (C=O) groups is 2. The minimum absolute atomic E-state index is 0.0115. The number of benzene rings is 2. The number of phenolic OH excluding ortho intramolecular Hbond substituents is 1. The third-order valence-corrected chi connectivity index (χ3v) is 7.91. The normalized spacial score (nSPS) is 22.7. The summed E-state index contributed by atoms with van der Waals surface area (Å²) in [7, 11) is 0. The van der Waals surface area contributed by atoms with Crippen molar-refractivity contribution in [1.29, 1.82) is 0 Å². The predicted molar refractivity (Wildman–Crippen MR) is 112 cm³/mol. The molecule has 164 valence electrons. The highest BCUT2D eigenvalue weighted by Crippen LogP contribution is 2.53. The molecule has 32 heavy (non-hydrogen) atoms. The second-order valence-corrected chi connectivity index (χ2v) is 9.57. The zero-order valence-electron chi connectivity index (χ0n) is 15.9. The number of H-pyrrole nitrogens is 1. The molecule has 3 heterocycles. The van der Waals surface area contributed by atoms with Crippen LogP contribution < -0.4 is 9.77 Å². The van der Waals surface area contributed by atoms with E-state index in [0.29, 0.717) is 15.5 Å². The number of rotatable bonds is 2. The highest BCUT2D eigenvalue weighted by atomic mass is 32.2. The SMILES string of the molecule is O=C1C2Sc3[nH]c(=O)sc3C(c3ccc(O)cc3)C2C(=O)N1c1cccc(C(F)(F)F)c1. The van der Waals surface area contributed by atoms with Gasteiger partial charge < -0.3 is 10.1 Å². The number of thioether (sulfide) groups is 1. The van der Waals surface area contributed by atoms with Crippen LogP contribution in [0.3, 0.4) is 0 Å². The molecule has 1 fully saturated rings. The molecule has 5 rings (SSSR count). The Kier molecular flexibility index (Phi) is 4.71. The topological polar surface area (TPSA) is 90.5 Å². The average molecular weight is 478 g/mol. The predicted octanol–water partition coefficient (Wildman–Crippen LogP) is 3.96. The molecule has 0 aliphatic carbocycles. The second-order valence-electron chi connectivity index (χ2n) is 7.40. The third kappa shape index (κ3) is 3.23. The molecule has 6 nitrogen and oxygen atoms in total. The zero-order valence-corrected chi connectivity index (χ0v) is 17.6.